The van der Waals surface area contributed by atoms with Crippen LogP contribution in [0, 0.1) is 10.1 Å². The molecule has 7 heteroatoms. The van der Waals surface area contributed by atoms with Crippen LogP contribution >= 0.6 is 0 Å². The van der Waals surface area contributed by atoms with E-state index < -0.39 is 10.9 Å². The van der Waals surface area contributed by atoms with E-state index in [-0.39, 0.29) is 16.9 Å². The van der Waals surface area contributed by atoms with E-state index in [1.807, 2.05) is 0 Å². The van der Waals surface area contributed by atoms with Crippen LogP contribution < -0.4 is 0 Å². The van der Waals surface area contributed by atoms with Crippen LogP contribution in [0.25, 0.3) is 0 Å². The van der Waals surface area contributed by atoms with Crippen molar-refractivity contribution in [3.8, 4) is 0 Å². The molecule has 7 nitrogen and oxygen atoms in total. The molecule has 0 N–H and O–H groups in total. The summed E-state index contributed by atoms with van der Waals surface area (Å²) in [5.74, 6) is -0.733. The Morgan fingerprint density at radius 3 is 2.75 bits per heavy atom. The minimum atomic E-state index is -0.733. The highest BCUT2D eigenvalue weighted by atomic mass is 16.6. The number of isocyanates is 1. The van der Waals surface area contributed by atoms with Gasteiger partial charge in [0.2, 0.25) is 6.08 Å². The zero-order valence-corrected chi connectivity index (χ0v) is 8.17. The molecule has 0 fully saturated rings. The van der Waals surface area contributed by atoms with Crippen molar-refractivity contribution in [1.29, 1.82) is 0 Å². The number of esters is 1. The molecule has 0 saturated heterocycles. The van der Waals surface area contributed by atoms with E-state index >= 15 is 0 Å². The van der Waals surface area contributed by atoms with Crippen LogP contribution in [-0.4, -0.2) is 24.1 Å². The fourth-order valence-electron chi connectivity index (χ4n) is 1.06. The SMILES string of the molecule is COC(=O)c1ccc([N+](=O)[O-])cc1N=C=O. The van der Waals surface area contributed by atoms with Crippen molar-refractivity contribution in [3.63, 3.8) is 0 Å². The van der Waals surface area contributed by atoms with Crippen molar-refractivity contribution < 1.29 is 19.2 Å². The molecule has 0 bridgehead atoms. The third-order valence-electron chi connectivity index (χ3n) is 1.76. The van der Waals surface area contributed by atoms with Gasteiger partial charge in [0.1, 0.15) is 0 Å². The van der Waals surface area contributed by atoms with Gasteiger partial charge in [0, 0.05) is 12.1 Å². The molecule has 0 amide bonds. The molecule has 0 atom stereocenters. The Kier molecular flexibility index (Phi) is 3.47. The van der Waals surface area contributed by atoms with Gasteiger partial charge in [0.05, 0.1) is 23.3 Å². The number of aliphatic imine (C=N–C) groups is 1. The van der Waals surface area contributed by atoms with E-state index in [4.69, 9.17) is 0 Å². The Labute approximate surface area is 89.5 Å². The van der Waals surface area contributed by atoms with Gasteiger partial charge in [-0.05, 0) is 6.07 Å². The van der Waals surface area contributed by atoms with Crippen LogP contribution in [0.3, 0.4) is 0 Å². The molecule has 0 aliphatic rings. The Morgan fingerprint density at radius 1 is 1.56 bits per heavy atom. The molecule has 0 aliphatic carbocycles. The zero-order valence-electron chi connectivity index (χ0n) is 8.17. The number of hydrogen-bond donors (Lipinski definition) is 0. The number of methoxy groups -OCH3 is 1. The second kappa shape index (κ2) is 4.81. The van der Waals surface area contributed by atoms with E-state index in [2.05, 4.69) is 9.73 Å². The van der Waals surface area contributed by atoms with E-state index in [9.17, 15) is 19.7 Å². The summed E-state index contributed by atoms with van der Waals surface area (Å²) in [5.41, 5.74) is -0.450. The van der Waals surface area contributed by atoms with Crippen molar-refractivity contribution in [2.45, 2.75) is 0 Å². The van der Waals surface area contributed by atoms with Gasteiger partial charge in [-0.2, -0.15) is 4.99 Å². The number of non-ortho nitro benzene ring substituents is 1. The molecule has 0 saturated carbocycles. The van der Waals surface area contributed by atoms with Gasteiger partial charge in [0.15, 0.2) is 0 Å². The summed E-state index contributed by atoms with van der Waals surface area (Å²) >= 11 is 0. The van der Waals surface area contributed by atoms with Crippen LogP contribution in [0.15, 0.2) is 23.2 Å². The van der Waals surface area contributed by atoms with Crippen molar-refractivity contribution in [2.75, 3.05) is 7.11 Å². The fourth-order valence-corrected chi connectivity index (χ4v) is 1.06. The second-order valence-electron chi connectivity index (χ2n) is 2.65. The third-order valence-corrected chi connectivity index (χ3v) is 1.76. The predicted octanol–water partition coefficient (Wildman–Crippen LogP) is 1.35. The number of nitrogens with zero attached hydrogens (tertiary/aromatic N) is 2. The monoisotopic (exact) mass is 222 g/mol. The fraction of sp³-hybridized carbons (Fsp3) is 0.111. The molecule has 82 valence electrons. The topological polar surface area (TPSA) is 98.9 Å². The number of ether oxygens (including phenoxy) is 1. The third kappa shape index (κ3) is 2.28. The molecule has 0 unspecified atom stereocenters. The summed E-state index contributed by atoms with van der Waals surface area (Å²) in [7, 11) is 1.15. The average Bonchev–Trinajstić information content (AvgIpc) is 2.28. The summed E-state index contributed by atoms with van der Waals surface area (Å²) in [6.07, 6.45) is 1.21. The standard InChI is InChI=1S/C9H6N2O5/c1-16-9(13)7-3-2-6(11(14)15)4-8(7)10-5-12/h2-4H,1H3. The normalized spacial score (nSPS) is 9.06. The minimum absolute atomic E-state index is 0.0311. The first-order valence-electron chi connectivity index (χ1n) is 4.04. The van der Waals surface area contributed by atoms with E-state index in [1.165, 1.54) is 12.1 Å². The first-order chi connectivity index (χ1) is 7.60. The first kappa shape index (κ1) is 11.5. The molecule has 0 aliphatic heterocycles. The summed E-state index contributed by atoms with van der Waals surface area (Å²) in [4.78, 5) is 34.3. The lowest BCUT2D eigenvalue weighted by molar-refractivity contribution is -0.384. The number of rotatable bonds is 3. The van der Waals surface area contributed by atoms with Crippen molar-refractivity contribution in [2.24, 2.45) is 4.99 Å². The van der Waals surface area contributed by atoms with Crippen LogP contribution in [0.5, 0.6) is 0 Å². The highest BCUT2D eigenvalue weighted by Gasteiger charge is 2.16. The Bertz CT molecular complexity index is 491. The first-order valence-corrected chi connectivity index (χ1v) is 4.04. The van der Waals surface area contributed by atoms with Gasteiger partial charge >= 0.3 is 5.97 Å². The molecule has 0 aromatic heterocycles. The lowest BCUT2D eigenvalue weighted by Crippen LogP contribution is -2.02. The van der Waals surface area contributed by atoms with Crippen molar-refractivity contribution >= 4 is 23.4 Å². The van der Waals surface area contributed by atoms with Crippen molar-refractivity contribution in [3.05, 3.63) is 33.9 Å². The molecule has 0 radical (unpaired) electrons. The molecular formula is C9H6N2O5. The lowest BCUT2D eigenvalue weighted by atomic mass is 10.1. The largest absolute Gasteiger partial charge is 0.465 e. The van der Waals surface area contributed by atoms with Crippen LogP contribution in [-0.2, 0) is 9.53 Å². The smallest absolute Gasteiger partial charge is 0.340 e. The molecule has 0 spiro atoms. The second-order valence-corrected chi connectivity index (χ2v) is 2.65. The number of carbonyl (C=O) groups excluding carboxylic acids is 2. The number of nitro benzene ring substituents is 1. The zero-order chi connectivity index (χ0) is 12.1. The molecule has 1 rings (SSSR count). The van der Waals surface area contributed by atoms with Crippen LogP contribution in [0.2, 0.25) is 0 Å². The van der Waals surface area contributed by atoms with Gasteiger partial charge in [-0.3, -0.25) is 10.1 Å². The maximum Gasteiger partial charge on any atom is 0.340 e. The molecular weight excluding hydrogens is 216 g/mol. The van der Waals surface area contributed by atoms with Gasteiger partial charge in [0.25, 0.3) is 5.69 Å². The Morgan fingerprint density at radius 2 is 2.25 bits per heavy atom. The summed E-state index contributed by atoms with van der Waals surface area (Å²) < 4.78 is 4.42. The van der Waals surface area contributed by atoms with E-state index in [0.717, 1.165) is 19.2 Å². The number of hydrogen-bond acceptors (Lipinski definition) is 6. The molecule has 1 aromatic rings. The molecule has 0 heterocycles. The number of nitro groups is 1. The highest BCUT2D eigenvalue weighted by Crippen LogP contribution is 2.25. The van der Waals surface area contributed by atoms with Crippen LogP contribution in [0.1, 0.15) is 10.4 Å². The minimum Gasteiger partial charge on any atom is -0.465 e. The number of benzene rings is 1. The maximum absolute atomic E-state index is 11.2. The quantitative estimate of drug-likeness (QED) is 0.252. The highest BCUT2D eigenvalue weighted by molar-refractivity contribution is 5.95. The molecule has 16 heavy (non-hydrogen) atoms. The van der Waals surface area contributed by atoms with E-state index in [0.29, 0.717) is 0 Å². The lowest BCUT2D eigenvalue weighted by Gasteiger charge is -2.01. The average molecular weight is 222 g/mol. The molecule has 1 aromatic carbocycles. The summed E-state index contributed by atoms with van der Waals surface area (Å²) in [6.45, 7) is 0. The Hall–Kier alpha value is -2.53. The van der Waals surface area contributed by atoms with Gasteiger partial charge in [-0.15, -0.1) is 0 Å². The van der Waals surface area contributed by atoms with Gasteiger partial charge in [-0.25, -0.2) is 9.59 Å². The summed E-state index contributed by atoms with van der Waals surface area (Å²) in [6, 6.07) is 3.29. The van der Waals surface area contributed by atoms with Crippen LogP contribution in [0.4, 0.5) is 11.4 Å². The summed E-state index contributed by atoms with van der Waals surface area (Å²) in [5, 5.41) is 10.5. The van der Waals surface area contributed by atoms with Crippen molar-refractivity contribution in [1.82, 2.24) is 0 Å². The van der Waals surface area contributed by atoms with Gasteiger partial charge < -0.3 is 4.74 Å². The number of carbonyl (C=O) groups is 1. The predicted molar refractivity (Wildman–Crippen MR) is 52.2 cm³/mol. The van der Waals surface area contributed by atoms with Gasteiger partial charge in [-0.1, -0.05) is 0 Å². The Balaban J connectivity index is 3.35. The van der Waals surface area contributed by atoms with E-state index in [1.54, 1.807) is 0 Å². The maximum atomic E-state index is 11.2.